The molecular weight excluding hydrogens is 1950 g/mol. The second kappa shape index (κ2) is 66.1. The first-order valence-corrected chi connectivity index (χ1v) is 42.0. The molecule has 4 aliphatic rings. The second-order valence-electron chi connectivity index (χ2n) is 23.2. The van der Waals surface area contributed by atoms with E-state index >= 15 is 0 Å². The number of hydrogen-bond acceptors (Lipinski definition) is 15. The summed E-state index contributed by atoms with van der Waals surface area (Å²) in [6.07, 6.45) is 12.8. The predicted octanol–water partition coefficient (Wildman–Crippen LogP) is 22.1. The number of unbranched alkanes of at least 4 members (excludes halogenated alkanes) is 6. The Bertz CT molecular complexity index is 3800. The molecule has 12 rings (SSSR count). The fourth-order valence-corrected chi connectivity index (χ4v) is 13.1. The summed E-state index contributed by atoms with van der Waals surface area (Å²) in [6.45, 7) is 14.3. The van der Waals surface area contributed by atoms with E-state index in [1.165, 1.54) is 53.4 Å². The molecule has 0 saturated heterocycles. The summed E-state index contributed by atoms with van der Waals surface area (Å²) in [4.78, 5) is 49.7. The summed E-state index contributed by atoms with van der Waals surface area (Å²) in [6, 6.07) is 58.5. The number of nitrogens with zero attached hydrogens (tertiary/aromatic N) is 5. The number of thiol groups is 1. The van der Waals surface area contributed by atoms with Gasteiger partial charge in [-0.3, -0.25) is 19.2 Å². The zero-order valence-electron chi connectivity index (χ0n) is 63.3. The number of nitrogens with one attached hydrogen (secondary N) is 1. The van der Waals surface area contributed by atoms with Crippen molar-refractivity contribution in [1.82, 2.24) is 0 Å². The van der Waals surface area contributed by atoms with Crippen LogP contribution < -0.4 is 87.4 Å². The van der Waals surface area contributed by atoms with Crippen LogP contribution in [0.1, 0.15) is 148 Å². The van der Waals surface area contributed by atoms with Gasteiger partial charge in [-0.1, -0.05) is 218 Å². The minimum atomic E-state index is -0.0625. The zero-order chi connectivity index (χ0) is 76.2. The topological polar surface area (TPSA) is 195 Å². The molecule has 0 bridgehead atoms. The van der Waals surface area contributed by atoms with Crippen LogP contribution in [0.3, 0.4) is 0 Å². The van der Waals surface area contributed by atoms with Crippen LogP contribution in [0.25, 0.3) is 0 Å². The maximum absolute atomic E-state index is 11.7. The van der Waals surface area contributed by atoms with Crippen molar-refractivity contribution in [3.63, 3.8) is 0 Å². The first kappa shape index (κ1) is 113. The normalized spacial score (nSPS) is 10.5. The number of carbonyl (C=O) groups is 4. The van der Waals surface area contributed by atoms with E-state index in [9.17, 15) is 19.2 Å². The van der Waals surface area contributed by atoms with E-state index in [2.05, 4.69) is 247 Å². The number of halogens is 8. The molecule has 15 nitrogen and oxygen atoms in total. The van der Waals surface area contributed by atoms with E-state index in [1.807, 2.05) is 109 Å². The molecular formula is C83H104B2Br8LiN6NaO9S. The Kier molecular flexibility index (Phi) is 67.5. The molecule has 4 radical (unpaired) electrons. The minimum absolute atomic E-state index is 0. The van der Waals surface area contributed by atoms with Crippen LogP contribution in [0.15, 0.2) is 192 Å². The first-order chi connectivity index (χ1) is 50.2. The molecule has 0 aliphatic carbocycles. The Morgan fingerprint density at radius 2 is 0.730 bits per heavy atom. The summed E-state index contributed by atoms with van der Waals surface area (Å²) in [5.41, 5.74) is 8.70. The van der Waals surface area contributed by atoms with Crippen LogP contribution in [0.2, 0.25) is 0 Å². The van der Waals surface area contributed by atoms with Gasteiger partial charge in [-0.05, 0) is 193 Å². The fraction of sp³-hybridized carbons (Fsp3) is 0.349. The van der Waals surface area contributed by atoms with E-state index in [1.54, 1.807) is 6.07 Å². The number of fused-ring (bicyclic) bond motifs is 8. The predicted molar refractivity (Wildman–Crippen MR) is 494 cm³/mol. The number of benzene rings is 8. The summed E-state index contributed by atoms with van der Waals surface area (Å²) in [7, 11) is 4.34. The summed E-state index contributed by atoms with van der Waals surface area (Å²) >= 11 is 30.9. The molecule has 3 N–H and O–H groups in total. The first-order valence-electron chi connectivity index (χ1n) is 34.0. The Balaban J connectivity index is -0.000000411. The van der Waals surface area contributed by atoms with Gasteiger partial charge in [0.15, 0.2) is 46.0 Å². The molecule has 0 amide bonds. The van der Waals surface area contributed by atoms with Gasteiger partial charge in [0.1, 0.15) is 23.1 Å². The standard InChI is InChI=1S/C21H21Br2NO3.C16H14Br3NO.C16H16BrNO.C12H9NO.C5H8O2.C4H8Br2.C4H9.C2H3N.3CH4.BHNS.B.Li.Na.H2O.H/c1-14(25)11-17(26)5-3-2-4-10-24-18-8-6-15(22)12-20(18)27-21-13-16(23)7-9-19(21)24;17-7-1-2-8-20-13-5-3-11(18)9-15(13)21-16-10-12(19)4-6-14(16)20;17-11-5-6-12-18-13-7-1-3-9-15(13)19-16-10-4-2-8-14(16)18;1-3-7-11-9(5-1)13-10-6-2-4-8-12(10)14-11;1-4(6)3-5(2)7;5-3-1-2-4-6;1-3-4-2;1-2-3;;;;1-2-3;;;;;/h6-9,12-13H,2-5,10-11H2,1H3;3-6,9-10H,1-2,7-8H2;1-4,7-10H,5-6,11-12H2;1-8,13H;3H2,1-2H3;1-4H2;1,3-4H2,2H3;1H3;3*1H4;3H;;;;1H2;/q;;;;;;-1;;;;;;;2*+1;;-1. The van der Waals surface area contributed by atoms with E-state index in [0.29, 0.717) is 6.42 Å². The van der Waals surface area contributed by atoms with Crippen molar-refractivity contribution in [2.24, 2.45) is 4.30 Å². The number of ketones is 4. The third-order valence-electron chi connectivity index (χ3n) is 14.8. The van der Waals surface area contributed by atoms with Crippen molar-refractivity contribution in [1.29, 1.82) is 5.26 Å². The van der Waals surface area contributed by atoms with Crippen LogP contribution >= 0.6 is 140 Å². The molecule has 0 atom stereocenters. The Labute approximate surface area is 773 Å². The Morgan fingerprint density at radius 3 is 1.02 bits per heavy atom. The third kappa shape index (κ3) is 41.6. The van der Waals surface area contributed by atoms with Crippen LogP contribution in [0.5, 0.6) is 46.0 Å². The van der Waals surface area contributed by atoms with Gasteiger partial charge in [-0.15, -0.1) is 0 Å². The van der Waals surface area contributed by atoms with Crippen molar-refractivity contribution >= 4 is 225 Å². The monoisotopic (exact) mass is 2040 g/mol. The fourth-order valence-electron chi connectivity index (χ4n) is 10.2. The van der Waals surface area contributed by atoms with Gasteiger partial charge < -0.3 is 52.8 Å². The average molecular weight is 2050 g/mol. The van der Waals surface area contributed by atoms with E-state index in [4.69, 9.17) is 24.2 Å². The van der Waals surface area contributed by atoms with Gasteiger partial charge in [0.25, 0.3) is 0 Å². The van der Waals surface area contributed by atoms with Gasteiger partial charge in [0.05, 0.1) is 64.4 Å². The number of anilines is 8. The van der Waals surface area contributed by atoms with Crippen molar-refractivity contribution in [2.75, 3.05) is 61.0 Å². The summed E-state index contributed by atoms with van der Waals surface area (Å²) in [5, 5.41) is 15.0. The smallest absolute Gasteiger partial charge is 1.00 e. The number of para-hydroxylation sites is 8. The molecule has 0 spiro atoms. The quantitative estimate of drug-likeness (QED) is 0.0163. The Morgan fingerprint density at radius 1 is 0.477 bits per heavy atom. The van der Waals surface area contributed by atoms with Crippen LogP contribution in [0, 0.1) is 18.3 Å². The molecule has 4 aliphatic heterocycles. The molecule has 590 valence electrons. The molecule has 8 aromatic carbocycles. The summed E-state index contributed by atoms with van der Waals surface area (Å²) < 4.78 is 30.5. The molecule has 0 fully saturated rings. The van der Waals surface area contributed by atoms with Gasteiger partial charge in [0, 0.05) is 80.6 Å². The Hall–Kier alpha value is -3.99. The van der Waals surface area contributed by atoms with Crippen molar-refractivity contribution < 1.29 is 93.4 Å². The number of ether oxygens (including phenoxy) is 4. The third-order valence-corrected chi connectivity index (χ3v) is 19.0. The minimum Gasteiger partial charge on any atom is -1.00 e. The van der Waals surface area contributed by atoms with Gasteiger partial charge in [-0.25, -0.2) is 0 Å². The molecule has 4 heterocycles. The largest absolute Gasteiger partial charge is 1.00 e. The van der Waals surface area contributed by atoms with E-state index < -0.39 is 0 Å². The number of rotatable bonds is 22. The van der Waals surface area contributed by atoms with Gasteiger partial charge in [0.2, 0.25) is 0 Å². The number of carbonyl (C=O) groups excluding carboxylic acids is 4. The molecule has 111 heavy (non-hydrogen) atoms. The van der Waals surface area contributed by atoms with Gasteiger partial charge >= 0.3 is 73.2 Å². The molecule has 0 unspecified atom stereocenters. The maximum Gasteiger partial charge on any atom is 1.00 e. The van der Waals surface area contributed by atoms with Crippen LogP contribution in [-0.2, 0) is 19.2 Å². The van der Waals surface area contributed by atoms with Crippen LogP contribution in [-0.4, -0.2) is 85.6 Å². The number of Topliss-reactive ketones (excluding diaryl/α,β-unsaturated/α-hetero) is 4. The van der Waals surface area contributed by atoms with Gasteiger partial charge in [-0.2, -0.15) is 11.7 Å². The second-order valence-corrected chi connectivity index (χ2v) is 30.3. The SMILES string of the molecule is BrCCCCBr.BrCCCCN1c2ccc(Br)cc2Oc2cc(Br)ccc21.BrCCCCN1c2ccccc2Oc2ccccc21.C.C.C.CC#N.CC(=O)CC(=O)CCCCCN1c2ccc(Br)cc2Oc2cc(Br)ccc21.CC(=O)CC(C)=O.O.[B].[B]=NS.[CH2-]CCC.[H-].[Li+].[Na+].c1ccc2c(c1)Nc1ccccc1O2. The van der Waals surface area contributed by atoms with Crippen molar-refractivity contribution in [3.8, 4) is 52.1 Å². The number of nitriles is 1. The van der Waals surface area contributed by atoms with Crippen molar-refractivity contribution in [3.05, 3.63) is 195 Å². The van der Waals surface area contributed by atoms with E-state index in [0.717, 1.165) is 195 Å². The van der Waals surface area contributed by atoms with E-state index in [-0.39, 0.29) is 122 Å². The molecule has 0 saturated carbocycles. The summed E-state index contributed by atoms with van der Waals surface area (Å²) in [5.74, 6) is 6.96. The number of alkyl halides is 4. The molecule has 28 heteroatoms. The average Bonchev–Trinajstić information content (AvgIpc) is 0.780. The van der Waals surface area contributed by atoms with Crippen LogP contribution in [0.4, 0.5) is 45.5 Å². The molecule has 8 aromatic rings. The zero-order valence-corrected chi connectivity index (χ0v) is 77.9. The molecule has 0 aromatic heterocycles. The number of hydrogen-bond donors (Lipinski definition) is 2. The maximum atomic E-state index is 11.7. The van der Waals surface area contributed by atoms with Crippen molar-refractivity contribution in [2.45, 2.75) is 147 Å².